The zero-order valence-electron chi connectivity index (χ0n) is 7.87. The van der Waals surface area contributed by atoms with Crippen molar-refractivity contribution >= 4 is 35.1 Å². The lowest BCUT2D eigenvalue weighted by Gasteiger charge is -2.09. The van der Waals surface area contributed by atoms with Gasteiger partial charge < -0.3 is 5.32 Å². The van der Waals surface area contributed by atoms with Gasteiger partial charge in [0.1, 0.15) is 11.0 Å². The van der Waals surface area contributed by atoms with E-state index in [2.05, 4.69) is 15.6 Å². The second-order valence-corrected chi connectivity index (χ2v) is 4.52. The first kappa shape index (κ1) is 10.7. The third-order valence-electron chi connectivity index (χ3n) is 2.00. The Bertz CT molecular complexity index is 368. The normalized spacial score (nSPS) is 20.2. The van der Waals surface area contributed by atoms with Crippen LogP contribution in [0.4, 0.5) is 5.82 Å². The quantitative estimate of drug-likeness (QED) is 0.770. The summed E-state index contributed by atoms with van der Waals surface area (Å²) in [6.45, 7) is 0. The molecule has 1 aliphatic rings. The highest BCUT2D eigenvalue weighted by atomic mass is 35.5. The maximum absolute atomic E-state index is 11.7. The molecule has 1 aliphatic heterocycles. The number of hydrogen-bond acceptors (Lipinski definition) is 4. The zero-order chi connectivity index (χ0) is 10.7. The molecule has 0 aromatic carbocycles. The summed E-state index contributed by atoms with van der Waals surface area (Å²) in [6.07, 6.45) is 0. The van der Waals surface area contributed by atoms with Crippen molar-refractivity contribution in [2.75, 3.05) is 16.9 Å². The molecular weight excluding hydrogens is 234 g/mol. The lowest BCUT2D eigenvalue weighted by atomic mass is 10.3. The van der Waals surface area contributed by atoms with E-state index in [1.807, 2.05) is 0 Å². The summed E-state index contributed by atoms with van der Waals surface area (Å²) in [5.41, 5.74) is 0. The molecule has 1 aromatic heterocycles. The Morgan fingerprint density at radius 3 is 3.20 bits per heavy atom. The summed E-state index contributed by atoms with van der Waals surface area (Å²) >= 11 is 7.41. The molecule has 0 radical (unpaired) electrons. The first-order chi connectivity index (χ1) is 7.25. The van der Waals surface area contributed by atoms with Crippen LogP contribution < -0.4 is 10.6 Å². The van der Waals surface area contributed by atoms with Crippen LogP contribution >= 0.6 is 23.4 Å². The van der Waals surface area contributed by atoms with Crippen LogP contribution in [0.3, 0.4) is 0 Å². The van der Waals surface area contributed by atoms with Gasteiger partial charge in [-0.05, 0) is 12.1 Å². The molecular formula is C9H10ClN3OS. The number of carbonyl (C=O) groups is 1. The summed E-state index contributed by atoms with van der Waals surface area (Å²) in [4.78, 5) is 15.6. The molecule has 6 heteroatoms. The Morgan fingerprint density at radius 2 is 2.53 bits per heavy atom. The van der Waals surface area contributed by atoms with Gasteiger partial charge in [0.25, 0.3) is 0 Å². The third-order valence-corrected chi connectivity index (χ3v) is 3.15. The molecule has 1 saturated heterocycles. The van der Waals surface area contributed by atoms with Crippen LogP contribution in [0.1, 0.15) is 0 Å². The van der Waals surface area contributed by atoms with Gasteiger partial charge in [-0.1, -0.05) is 17.7 Å². The number of amides is 1. The van der Waals surface area contributed by atoms with Gasteiger partial charge in [0.2, 0.25) is 5.91 Å². The maximum Gasteiger partial charge on any atom is 0.243 e. The van der Waals surface area contributed by atoms with E-state index in [9.17, 15) is 4.79 Å². The smallest absolute Gasteiger partial charge is 0.243 e. The molecule has 0 aliphatic carbocycles. The number of halogens is 1. The van der Waals surface area contributed by atoms with Crippen LogP contribution in [0, 0.1) is 0 Å². The van der Waals surface area contributed by atoms with Gasteiger partial charge >= 0.3 is 0 Å². The average molecular weight is 244 g/mol. The van der Waals surface area contributed by atoms with E-state index in [0.717, 1.165) is 11.6 Å². The summed E-state index contributed by atoms with van der Waals surface area (Å²) in [5, 5.41) is 6.17. The average Bonchev–Trinajstić information content (AvgIpc) is 2.70. The number of hydrogen-bond donors (Lipinski definition) is 2. The number of carbonyl (C=O) groups excluding carboxylic acids is 1. The van der Waals surface area contributed by atoms with Crippen molar-refractivity contribution in [1.29, 1.82) is 0 Å². The zero-order valence-corrected chi connectivity index (χ0v) is 9.44. The van der Waals surface area contributed by atoms with Gasteiger partial charge in [0, 0.05) is 11.6 Å². The van der Waals surface area contributed by atoms with Crippen LogP contribution in [0.25, 0.3) is 0 Å². The number of aromatic nitrogens is 1. The topological polar surface area (TPSA) is 54.0 Å². The van der Waals surface area contributed by atoms with E-state index in [-0.39, 0.29) is 11.9 Å². The first-order valence-electron chi connectivity index (χ1n) is 4.50. The van der Waals surface area contributed by atoms with Gasteiger partial charge in [-0.2, -0.15) is 0 Å². The summed E-state index contributed by atoms with van der Waals surface area (Å²) in [6, 6.07) is 5.00. The molecule has 0 saturated carbocycles. The first-order valence-corrected chi connectivity index (χ1v) is 6.03. The van der Waals surface area contributed by atoms with Crippen LogP contribution in [0.5, 0.6) is 0 Å². The number of anilines is 1. The lowest BCUT2D eigenvalue weighted by Crippen LogP contribution is -2.37. The van der Waals surface area contributed by atoms with Crippen molar-refractivity contribution < 1.29 is 4.79 Å². The molecule has 2 rings (SSSR count). The third kappa shape index (κ3) is 2.84. The Kier molecular flexibility index (Phi) is 3.45. The number of pyridine rings is 1. The molecule has 1 fully saturated rings. The minimum Gasteiger partial charge on any atom is -0.309 e. The Labute approximate surface area is 96.8 Å². The molecule has 0 spiro atoms. The number of rotatable bonds is 2. The van der Waals surface area contributed by atoms with Gasteiger partial charge in [0.05, 0.1) is 6.04 Å². The van der Waals surface area contributed by atoms with Crippen LogP contribution in [0.15, 0.2) is 18.2 Å². The van der Waals surface area contributed by atoms with Crippen LogP contribution in [-0.2, 0) is 4.79 Å². The number of nitrogens with one attached hydrogen (secondary N) is 2. The molecule has 1 amide bonds. The molecule has 80 valence electrons. The highest BCUT2D eigenvalue weighted by Crippen LogP contribution is 2.13. The lowest BCUT2D eigenvalue weighted by molar-refractivity contribution is -0.117. The Morgan fingerprint density at radius 1 is 1.67 bits per heavy atom. The molecule has 0 bridgehead atoms. The Hall–Kier alpha value is -0.780. The minimum atomic E-state index is -0.129. The van der Waals surface area contributed by atoms with E-state index < -0.39 is 0 Å². The minimum absolute atomic E-state index is 0.0604. The molecule has 2 N–H and O–H groups in total. The molecule has 1 atom stereocenters. The van der Waals surface area contributed by atoms with Crippen molar-refractivity contribution in [2.45, 2.75) is 6.04 Å². The van der Waals surface area contributed by atoms with Crippen LogP contribution in [0.2, 0.25) is 5.15 Å². The second-order valence-electron chi connectivity index (χ2n) is 3.11. The van der Waals surface area contributed by atoms with Crippen molar-refractivity contribution in [3.8, 4) is 0 Å². The SMILES string of the molecule is O=C(Nc1cccc(Cl)n1)C1CSCN1. The van der Waals surface area contributed by atoms with Crippen molar-refractivity contribution in [3.05, 3.63) is 23.4 Å². The number of nitrogens with zero attached hydrogens (tertiary/aromatic N) is 1. The fourth-order valence-corrected chi connectivity index (χ4v) is 2.36. The molecule has 4 nitrogen and oxygen atoms in total. The van der Waals surface area contributed by atoms with Gasteiger partial charge in [-0.15, -0.1) is 11.8 Å². The number of thioether (sulfide) groups is 1. The standard InChI is InChI=1S/C9H10ClN3OS/c10-7-2-1-3-8(12-7)13-9(14)6-4-15-5-11-6/h1-3,6,11H,4-5H2,(H,12,13,14). The van der Waals surface area contributed by atoms with E-state index in [0.29, 0.717) is 11.0 Å². The summed E-state index contributed by atoms with van der Waals surface area (Å²) in [5.74, 6) is 2.05. The van der Waals surface area contributed by atoms with E-state index in [1.54, 1.807) is 30.0 Å². The highest BCUT2D eigenvalue weighted by molar-refractivity contribution is 7.99. The summed E-state index contributed by atoms with van der Waals surface area (Å²) in [7, 11) is 0. The monoisotopic (exact) mass is 243 g/mol. The fraction of sp³-hybridized carbons (Fsp3) is 0.333. The fourth-order valence-electron chi connectivity index (χ4n) is 1.25. The van der Waals surface area contributed by atoms with E-state index in [1.165, 1.54) is 0 Å². The molecule has 2 heterocycles. The van der Waals surface area contributed by atoms with Crippen molar-refractivity contribution in [3.63, 3.8) is 0 Å². The maximum atomic E-state index is 11.7. The largest absolute Gasteiger partial charge is 0.309 e. The van der Waals surface area contributed by atoms with Crippen molar-refractivity contribution in [2.24, 2.45) is 0 Å². The van der Waals surface area contributed by atoms with E-state index in [4.69, 9.17) is 11.6 Å². The van der Waals surface area contributed by atoms with E-state index >= 15 is 0 Å². The highest BCUT2D eigenvalue weighted by Gasteiger charge is 2.22. The Balaban J connectivity index is 1.99. The van der Waals surface area contributed by atoms with Crippen molar-refractivity contribution in [1.82, 2.24) is 10.3 Å². The molecule has 1 aromatic rings. The van der Waals surface area contributed by atoms with Gasteiger partial charge in [0.15, 0.2) is 0 Å². The molecule has 1 unspecified atom stereocenters. The summed E-state index contributed by atoms with van der Waals surface area (Å²) < 4.78 is 0. The van der Waals surface area contributed by atoms with Gasteiger partial charge in [-0.3, -0.25) is 10.1 Å². The predicted octanol–water partition coefficient (Wildman–Crippen LogP) is 1.34. The predicted molar refractivity (Wildman–Crippen MR) is 62.1 cm³/mol. The van der Waals surface area contributed by atoms with Crippen LogP contribution in [-0.4, -0.2) is 28.6 Å². The van der Waals surface area contributed by atoms with Gasteiger partial charge in [-0.25, -0.2) is 4.98 Å². The second kappa shape index (κ2) is 4.83. The molecule has 15 heavy (non-hydrogen) atoms.